The summed E-state index contributed by atoms with van der Waals surface area (Å²) in [5.74, 6) is 0.848. The van der Waals surface area contributed by atoms with E-state index in [1.165, 1.54) is 25.7 Å². The Morgan fingerprint density at radius 3 is 2.35 bits per heavy atom. The molecule has 2 N–H and O–H groups in total. The maximum Gasteiger partial charge on any atom is 0.227 e. The minimum atomic E-state index is 0.0237. The summed E-state index contributed by atoms with van der Waals surface area (Å²) >= 11 is 0. The van der Waals surface area contributed by atoms with Gasteiger partial charge in [0.2, 0.25) is 5.91 Å². The van der Waals surface area contributed by atoms with E-state index in [2.05, 4.69) is 25.7 Å². The van der Waals surface area contributed by atoms with Crippen molar-refractivity contribution in [1.82, 2.24) is 4.90 Å². The van der Waals surface area contributed by atoms with Crippen LogP contribution in [0.3, 0.4) is 0 Å². The van der Waals surface area contributed by atoms with E-state index in [9.17, 15) is 4.79 Å². The van der Waals surface area contributed by atoms with Crippen LogP contribution in [0.25, 0.3) is 0 Å². The zero-order chi connectivity index (χ0) is 12.8. The maximum absolute atomic E-state index is 12.5. The molecule has 1 aliphatic carbocycles. The summed E-state index contributed by atoms with van der Waals surface area (Å²) in [6.07, 6.45) is 5.81. The van der Waals surface area contributed by atoms with Crippen molar-refractivity contribution in [2.45, 2.75) is 58.9 Å². The van der Waals surface area contributed by atoms with Crippen LogP contribution in [0.1, 0.15) is 52.9 Å². The molecule has 1 aliphatic rings. The van der Waals surface area contributed by atoms with Gasteiger partial charge in [-0.1, -0.05) is 26.7 Å². The van der Waals surface area contributed by atoms with E-state index in [0.717, 1.165) is 13.0 Å². The van der Waals surface area contributed by atoms with Crippen LogP contribution in [0.2, 0.25) is 0 Å². The van der Waals surface area contributed by atoms with Crippen molar-refractivity contribution in [2.24, 2.45) is 17.6 Å². The van der Waals surface area contributed by atoms with Crippen LogP contribution in [-0.4, -0.2) is 29.9 Å². The average Bonchev–Trinajstić information content (AvgIpc) is 2.80. The Balaban J connectivity index is 2.62. The molecule has 0 spiro atoms. The third kappa shape index (κ3) is 3.98. The zero-order valence-electron chi connectivity index (χ0n) is 11.6. The Morgan fingerprint density at radius 2 is 1.94 bits per heavy atom. The van der Waals surface area contributed by atoms with Crippen LogP contribution in [-0.2, 0) is 4.79 Å². The van der Waals surface area contributed by atoms with E-state index in [-0.39, 0.29) is 11.8 Å². The van der Waals surface area contributed by atoms with Crippen molar-refractivity contribution in [3.8, 4) is 0 Å². The summed E-state index contributed by atoms with van der Waals surface area (Å²) in [5, 5.41) is 0. The van der Waals surface area contributed by atoms with E-state index in [1.54, 1.807) is 0 Å². The first-order chi connectivity index (χ1) is 8.10. The molecule has 3 heteroatoms. The number of carbonyl (C=O) groups excluding carboxylic acids is 1. The van der Waals surface area contributed by atoms with E-state index in [0.29, 0.717) is 18.5 Å². The van der Waals surface area contributed by atoms with Crippen LogP contribution in [0.15, 0.2) is 0 Å². The topological polar surface area (TPSA) is 46.3 Å². The van der Waals surface area contributed by atoms with Crippen LogP contribution >= 0.6 is 0 Å². The number of hydrogen-bond donors (Lipinski definition) is 1. The Bertz CT molecular complexity index is 234. The second-order valence-electron chi connectivity index (χ2n) is 5.62. The van der Waals surface area contributed by atoms with E-state index >= 15 is 0 Å². The highest BCUT2D eigenvalue weighted by Crippen LogP contribution is 2.25. The van der Waals surface area contributed by atoms with Crippen molar-refractivity contribution in [2.75, 3.05) is 13.1 Å². The molecule has 1 unspecified atom stereocenters. The first kappa shape index (κ1) is 14.5. The van der Waals surface area contributed by atoms with Crippen LogP contribution in [0.4, 0.5) is 0 Å². The number of carbonyl (C=O) groups is 1. The molecule has 1 atom stereocenters. The molecule has 0 radical (unpaired) electrons. The summed E-state index contributed by atoms with van der Waals surface area (Å²) in [6.45, 7) is 7.71. The van der Waals surface area contributed by atoms with Gasteiger partial charge in [0, 0.05) is 19.1 Å². The van der Waals surface area contributed by atoms with Crippen molar-refractivity contribution in [1.29, 1.82) is 0 Å². The molecule has 3 nitrogen and oxygen atoms in total. The van der Waals surface area contributed by atoms with Gasteiger partial charge in [0.25, 0.3) is 0 Å². The summed E-state index contributed by atoms with van der Waals surface area (Å²) in [7, 11) is 0. The predicted molar refractivity (Wildman–Crippen MR) is 71.6 cm³/mol. The van der Waals surface area contributed by atoms with Crippen LogP contribution in [0.5, 0.6) is 0 Å². The standard InChI is InChI=1S/C14H28N2O/c1-4-16(13-7-5-6-8-13)14(17)12(10-15)9-11(2)3/h11-13H,4-10,15H2,1-3H3. The highest BCUT2D eigenvalue weighted by molar-refractivity contribution is 5.79. The first-order valence-electron chi connectivity index (χ1n) is 7.10. The number of amides is 1. The van der Waals surface area contributed by atoms with Gasteiger partial charge in [-0.25, -0.2) is 0 Å². The normalized spacial score (nSPS) is 18.6. The van der Waals surface area contributed by atoms with Crippen molar-refractivity contribution in [3.05, 3.63) is 0 Å². The molecule has 1 fully saturated rings. The highest BCUT2D eigenvalue weighted by Gasteiger charge is 2.29. The molecule has 0 bridgehead atoms. The van der Waals surface area contributed by atoms with Crippen LogP contribution < -0.4 is 5.73 Å². The number of nitrogens with zero attached hydrogens (tertiary/aromatic N) is 1. The minimum absolute atomic E-state index is 0.0237. The lowest BCUT2D eigenvalue weighted by Crippen LogP contribution is -2.44. The molecule has 0 aromatic rings. The van der Waals surface area contributed by atoms with Crippen molar-refractivity contribution >= 4 is 5.91 Å². The quantitative estimate of drug-likeness (QED) is 0.775. The Morgan fingerprint density at radius 1 is 1.35 bits per heavy atom. The maximum atomic E-state index is 12.5. The second-order valence-corrected chi connectivity index (χ2v) is 5.62. The van der Waals surface area contributed by atoms with Crippen molar-refractivity contribution < 1.29 is 4.79 Å². The van der Waals surface area contributed by atoms with E-state index in [4.69, 9.17) is 5.73 Å². The van der Waals surface area contributed by atoms with E-state index in [1.807, 2.05) is 0 Å². The monoisotopic (exact) mass is 240 g/mol. The lowest BCUT2D eigenvalue weighted by molar-refractivity contribution is -0.137. The third-order valence-corrected chi connectivity index (χ3v) is 3.78. The molecule has 0 aromatic heterocycles. The summed E-state index contributed by atoms with van der Waals surface area (Å²) < 4.78 is 0. The minimum Gasteiger partial charge on any atom is -0.340 e. The van der Waals surface area contributed by atoms with Crippen molar-refractivity contribution in [3.63, 3.8) is 0 Å². The molecule has 1 saturated carbocycles. The molecule has 100 valence electrons. The number of nitrogens with two attached hydrogens (primary N) is 1. The van der Waals surface area contributed by atoms with Gasteiger partial charge in [-0.05, 0) is 32.1 Å². The van der Waals surface area contributed by atoms with Gasteiger partial charge in [0.05, 0.1) is 5.92 Å². The van der Waals surface area contributed by atoms with Gasteiger partial charge in [0.1, 0.15) is 0 Å². The summed E-state index contributed by atoms with van der Waals surface area (Å²) in [5.41, 5.74) is 5.77. The average molecular weight is 240 g/mol. The smallest absolute Gasteiger partial charge is 0.227 e. The summed E-state index contributed by atoms with van der Waals surface area (Å²) in [6, 6.07) is 0.480. The largest absolute Gasteiger partial charge is 0.340 e. The molecular formula is C14H28N2O. The Kier molecular flexibility index (Phi) is 5.96. The molecule has 0 heterocycles. The van der Waals surface area contributed by atoms with Gasteiger partial charge in [-0.15, -0.1) is 0 Å². The molecule has 0 aromatic carbocycles. The predicted octanol–water partition coefficient (Wildman–Crippen LogP) is 2.40. The molecule has 1 rings (SSSR count). The lowest BCUT2D eigenvalue weighted by atomic mass is 9.95. The SMILES string of the molecule is CCN(C(=O)C(CN)CC(C)C)C1CCCC1. The molecule has 0 aliphatic heterocycles. The number of hydrogen-bond acceptors (Lipinski definition) is 2. The fraction of sp³-hybridized carbons (Fsp3) is 0.929. The van der Waals surface area contributed by atoms with E-state index < -0.39 is 0 Å². The first-order valence-corrected chi connectivity index (χ1v) is 7.10. The molecule has 0 saturated heterocycles. The lowest BCUT2D eigenvalue weighted by Gasteiger charge is -2.31. The van der Waals surface area contributed by atoms with Gasteiger partial charge in [-0.2, -0.15) is 0 Å². The zero-order valence-corrected chi connectivity index (χ0v) is 11.6. The number of rotatable bonds is 6. The van der Waals surface area contributed by atoms with Crippen LogP contribution in [0, 0.1) is 11.8 Å². The Hall–Kier alpha value is -0.570. The van der Waals surface area contributed by atoms with Gasteiger partial charge in [0.15, 0.2) is 0 Å². The van der Waals surface area contributed by atoms with Gasteiger partial charge < -0.3 is 10.6 Å². The Labute approximate surface area is 106 Å². The van der Waals surface area contributed by atoms with Gasteiger partial charge >= 0.3 is 0 Å². The third-order valence-electron chi connectivity index (χ3n) is 3.78. The highest BCUT2D eigenvalue weighted by atomic mass is 16.2. The second kappa shape index (κ2) is 7.00. The van der Waals surface area contributed by atoms with Gasteiger partial charge in [-0.3, -0.25) is 4.79 Å². The fourth-order valence-electron chi connectivity index (χ4n) is 2.91. The molecule has 1 amide bonds. The summed E-state index contributed by atoms with van der Waals surface area (Å²) in [4.78, 5) is 14.6. The molecular weight excluding hydrogens is 212 g/mol. The fourth-order valence-corrected chi connectivity index (χ4v) is 2.91. The molecule has 17 heavy (non-hydrogen) atoms.